The Morgan fingerprint density at radius 3 is 1.15 bits per heavy atom. The molecule has 0 aliphatic heterocycles. The van der Waals surface area contributed by atoms with E-state index in [2.05, 4.69) is 0 Å². The molecule has 0 radical (unpaired) electrons. The van der Waals surface area contributed by atoms with Crippen molar-refractivity contribution in [1.82, 2.24) is 0 Å². The van der Waals surface area contributed by atoms with Gasteiger partial charge in [0.2, 0.25) is 0 Å². The molecule has 0 fully saturated rings. The summed E-state index contributed by atoms with van der Waals surface area (Å²) in [4.78, 5) is 9.60. The summed E-state index contributed by atoms with van der Waals surface area (Å²) < 4.78 is 133. The van der Waals surface area contributed by atoms with Crippen LogP contribution in [0.15, 0.2) is 0 Å². The molecule has 0 saturated heterocycles. The van der Waals surface area contributed by atoms with Crippen LogP contribution in [0.5, 0.6) is 0 Å². The van der Waals surface area contributed by atoms with Crippen molar-refractivity contribution in [2.24, 2.45) is 0 Å². The first-order valence-corrected chi connectivity index (χ1v) is 3.76. The Morgan fingerprint density at radius 2 is 0.950 bits per heavy atom. The van der Waals surface area contributed by atoms with Gasteiger partial charge in [-0.05, 0) is 0 Å². The summed E-state index contributed by atoms with van der Waals surface area (Å²) in [5.74, 6) is -33.6. The monoisotopic (exact) mass is 356 g/mol. The SMILES string of the molecule is O=C(O)C(F)(F)C(F)(F)C(F)(F)C(F)(F)C(F)(F)F.[CaH2]. The van der Waals surface area contributed by atoms with Gasteiger partial charge >= 0.3 is 73.6 Å². The fourth-order valence-corrected chi connectivity index (χ4v) is 0.707. The third kappa shape index (κ3) is 2.93. The van der Waals surface area contributed by atoms with Gasteiger partial charge in [0.15, 0.2) is 0 Å². The zero-order chi connectivity index (χ0) is 16.1. The van der Waals surface area contributed by atoms with Crippen molar-refractivity contribution in [3.63, 3.8) is 0 Å². The quantitative estimate of drug-likeness (QED) is 0.620. The fraction of sp³-hybridized carbons (Fsp3) is 0.833. The van der Waals surface area contributed by atoms with E-state index < -0.39 is 35.8 Å². The average Bonchev–Trinajstić information content (AvgIpc) is 2.14. The molecule has 0 bridgehead atoms. The third-order valence-corrected chi connectivity index (χ3v) is 1.81. The van der Waals surface area contributed by atoms with Crippen LogP contribution in [-0.4, -0.2) is 78.7 Å². The van der Waals surface area contributed by atoms with Crippen molar-refractivity contribution in [2.45, 2.75) is 29.9 Å². The fourth-order valence-electron chi connectivity index (χ4n) is 0.707. The molecule has 0 rings (SSSR count). The molecule has 0 aromatic rings. The van der Waals surface area contributed by atoms with Gasteiger partial charge in [0.1, 0.15) is 0 Å². The van der Waals surface area contributed by atoms with Gasteiger partial charge in [0, 0.05) is 0 Å². The van der Waals surface area contributed by atoms with Crippen LogP contribution in [0.1, 0.15) is 0 Å². The Labute approximate surface area is 131 Å². The van der Waals surface area contributed by atoms with Crippen LogP contribution in [0, 0.1) is 0 Å². The van der Waals surface area contributed by atoms with Gasteiger partial charge in [-0.2, -0.15) is 48.3 Å². The Balaban J connectivity index is 0. The van der Waals surface area contributed by atoms with E-state index in [1.807, 2.05) is 0 Å². The van der Waals surface area contributed by atoms with Gasteiger partial charge in [0.25, 0.3) is 0 Å². The van der Waals surface area contributed by atoms with Crippen LogP contribution in [0.25, 0.3) is 0 Å². The summed E-state index contributed by atoms with van der Waals surface area (Å²) in [5.41, 5.74) is 0. The standard InChI is InChI=1S/C6HF11O2.Ca.2H/c7-2(8,1(18)19)3(9,10)4(11,12)5(13,14)6(15,16)17;;;/h(H,18,19);;;. The molecular weight excluding hydrogens is 353 g/mol. The molecular formula is C6H3CaF11O2. The van der Waals surface area contributed by atoms with E-state index in [1.54, 1.807) is 0 Å². The predicted octanol–water partition coefficient (Wildman–Crippen LogP) is 2.26. The Morgan fingerprint density at radius 1 is 0.650 bits per heavy atom. The van der Waals surface area contributed by atoms with E-state index in [0.29, 0.717) is 0 Å². The van der Waals surface area contributed by atoms with Crippen LogP contribution >= 0.6 is 0 Å². The molecule has 20 heavy (non-hydrogen) atoms. The third-order valence-electron chi connectivity index (χ3n) is 1.81. The second-order valence-electron chi connectivity index (χ2n) is 3.10. The second kappa shape index (κ2) is 5.63. The molecule has 2 nitrogen and oxygen atoms in total. The molecule has 0 spiro atoms. The molecule has 0 heterocycles. The van der Waals surface area contributed by atoms with Crippen molar-refractivity contribution in [1.29, 1.82) is 0 Å². The van der Waals surface area contributed by atoms with Crippen molar-refractivity contribution < 1.29 is 58.2 Å². The van der Waals surface area contributed by atoms with Gasteiger partial charge in [-0.1, -0.05) is 0 Å². The molecule has 14 heteroatoms. The molecule has 0 aliphatic carbocycles. The molecule has 0 aromatic carbocycles. The number of hydrogen-bond donors (Lipinski definition) is 1. The Bertz CT molecular complexity index is 374. The number of carbonyl (C=O) groups is 1. The molecule has 0 amide bonds. The summed E-state index contributed by atoms with van der Waals surface area (Å²) in [6, 6.07) is 0. The van der Waals surface area contributed by atoms with Crippen LogP contribution in [-0.2, 0) is 4.79 Å². The topological polar surface area (TPSA) is 37.3 Å². The Kier molecular flexibility index (Phi) is 6.26. The van der Waals surface area contributed by atoms with Crippen LogP contribution in [0.3, 0.4) is 0 Å². The van der Waals surface area contributed by atoms with Crippen molar-refractivity contribution in [3.8, 4) is 0 Å². The number of hydrogen-bond acceptors (Lipinski definition) is 1. The number of halogens is 11. The van der Waals surface area contributed by atoms with E-state index in [-0.39, 0.29) is 37.7 Å². The summed E-state index contributed by atoms with van der Waals surface area (Å²) in [6.07, 6.45) is -7.30. The molecule has 0 aliphatic rings. The zero-order valence-corrected chi connectivity index (χ0v) is 8.01. The maximum absolute atomic E-state index is 12.4. The minimum atomic E-state index is -7.68. The number of rotatable bonds is 4. The van der Waals surface area contributed by atoms with E-state index >= 15 is 0 Å². The first-order chi connectivity index (χ1) is 7.94. The molecule has 1 N–H and O–H groups in total. The molecule has 0 saturated carbocycles. The maximum atomic E-state index is 12.4. The second-order valence-corrected chi connectivity index (χ2v) is 3.10. The van der Waals surface area contributed by atoms with Gasteiger partial charge < -0.3 is 5.11 Å². The first kappa shape index (κ1) is 22.2. The van der Waals surface area contributed by atoms with E-state index in [9.17, 15) is 53.1 Å². The predicted molar refractivity (Wildman–Crippen MR) is 42.0 cm³/mol. The first-order valence-electron chi connectivity index (χ1n) is 3.76. The summed E-state index contributed by atoms with van der Waals surface area (Å²) in [5, 5.41) is 7.52. The van der Waals surface area contributed by atoms with Crippen molar-refractivity contribution >= 4 is 43.7 Å². The molecule has 0 atom stereocenters. The van der Waals surface area contributed by atoms with Gasteiger partial charge in [0.05, 0.1) is 0 Å². The zero-order valence-electron chi connectivity index (χ0n) is 8.01. The average molecular weight is 356 g/mol. The van der Waals surface area contributed by atoms with Gasteiger partial charge in [-0.3, -0.25) is 0 Å². The van der Waals surface area contributed by atoms with Crippen LogP contribution in [0.4, 0.5) is 48.3 Å². The normalized spacial score (nSPS) is 14.8. The van der Waals surface area contributed by atoms with Crippen LogP contribution in [0.2, 0.25) is 0 Å². The number of carboxylic acids is 1. The van der Waals surface area contributed by atoms with E-state index in [0.717, 1.165) is 0 Å². The van der Waals surface area contributed by atoms with Crippen LogP contribution < -0.4 is 0 Å². The Hall–Kier alpha value is -0.0403. The minimum absolute atomic E-state index is 0. The van der Waals surface area contributed by atoms with Crippen molar-refractivity contribution in [3.05, 3.63) is 0 Å². The van der Waals surface area contributed by atoms with E-state index in [4.69, 9.17) is 5.11 Å². The van der Waals surface area contributed by atoms with E-state index in [1.165, 1.54) is 0 Å². The van der Waals surface area contributed by atoms with Gasteiger partial charge in [-0.15, -0.1) is 0 Å². The number of alkyl halides is 11. The summed E-state index contributed by atoms with van der Waals surface area (Å²) in [7, 11) is 0. The summed E-state index contributed by atoms with van der Waals surface area (Å²) >= 11 is 0. The van der Waals surface area contributed by atoms with Gasteiger partial charge in [-0.25, -0.2) is 4.79 Å². The molecule has 0 aromatic heterocycles. The number of aliphatic carboxylic acids is 1. The van der Waals surface area contributed by atoms with Crippen molar-refractivity contribution in [2.75, 3.05) is 0 Å². The summed E-state index contributed by atoms with van der Waals surface area (Å²) in [6.45, 7) is 0. The number of carboxylic acid groups (broad SMARTS) is 1. The molecule has 118 valence electrons. The molecule has 0 unspecified atom stereocenters.